The van der Waals surface area contributed by atoms with Gasteiger partial charge in [0.2, 0.25) is 10.0 Å². The van der Waals surface area contributed by atoms with E-state index in [1.807, 2.05) is 19.1 Å². The van der Waals surface area contributed by atoms with E-state index < -0.39 is 14.8 Å². The molecule has 108 valence electrons. The number of hydrogen-bond donors (Lipinski definition) is 1. The Hall–Kier alpha value is -1.07. The minimum Gasteiger partial charge on any atom is -0.399 e. The second kappa shape index (κ2) is 5.92. The molecule has 0 amide bonds. The predicted octanol–water partition coefficient (Wildman–Crippen LogP) is 2.61. The molecule has 0 atom stereocenters. The van der Waals surface area contributed by atoms with Gasteiger partial charge in [-0.2, -0.15) is 4.31 Å². The quantitative estimate of drug-likeness (QED) is 0.845. The summed E-state index contributed by atoms with van der Waals surface area (Å²) in [6.45, 7) is 8.10. The maximum atomic E-state index is 12.5. The van der Waals surface area contributed by atoms with E-state index in [2.05, 4.69) is 0 Å². The first-order valence-corrected chi connectivity index (χ1v) is 7.96. The molecular formula is C14H24N2O2S. The minimum absolute atomic E-state index is 0.397. The van der Waals surface area contributed by atoms with Gasteiger partial charge in [-0.25, -0.2) is 8.42 Å². The third-order valence-electron chi connectivity index (χ3n) is 2.93. The first-order valence-electron chi connectivity index (χ1n) is 6.52. The standard InChI is InChI=1S/C14H24N2O2S/c1-5-10-16(19(17,18)14(2,3)4)11-12-6-8-13(15)9-7-12/h6-9H,5,10-11,15H2,1-4H3. The lowest BCUT2D eigenvalue weighted by Gasteiger charge is -2.29. The summed E-state index contributed by atoms with van der Waals surface area (Å²) >= 11 is 0. The summed E-state index contributed by atoms with van der Waals surface area (Å²) in [5.74, 6) is 0. The van der Waals surface area contributed by atoms with Crippen LogP contribution in [-0.2, 0) is 16.6 Å². The van der Waals surface area contributed by atoms with E-state index in [9.17, 15) is 8.42 Å². The van der Waals surface area contributed by atoms with Crippen molar-refractivity contribution in [2.75, 3.05) is 12.3 Å². The maximum Gasteiger partial charge on any atom is 0.219 e. The molecule has 0 saturated heterocycles. The van der Waals surface area contributed by atoms with Gasteiger partial charge in [0.05, 0.1) is 4.75 Å². The summed E-state index contributed by atoms with van der Waals surface area (Å²) in [6, 6.07) is 7.33. The summed E-state index contributed by atoms with van der Waals surface area (Å²) in [4.78, 5) is 0. The predicted molar refractivity (Wildman–Crippen MR) is 80.2 cm³/mol. The second-order valence-electron chi connectivity index (χ2n) is 5.69. The van der Waals surface area contributed by atoms with Gasteiger partial charge in [0.15, 0.2) is 0 Å². The number of nitrogens with two attached hydrogens (primary N) is 1. The summed E-state index contributed by atoms with van der Waals surface area (Å²) in [7, 11) is -3.31. The summed E-state index contributed by atoms with van der Waals surface area (Å²) in [5, 5.41) is 0. The van der Waals surface area contributed by atoms with Gasteiger partial charge in [0.25, 0.3) is 0 Å². The van der Waals surface area contributed by atoms with Crippen LogP contribution < -0.4 is 5.73 Å². The SMILES string of the molecule is CCCN(Cc1ccc(N)cc1)S(=O)(=O)C(C)(C)C. The largest absolute Gasteiger partial charge is 0.399 e. The van der Waals surface area contributed by atoms with Crippen molar-refractivity contribution in [2.24, 2.45) is 0 Å². The van der Waals surface area contributed by atoms with Crippen LogP contribution in [-0.4, -0.2) is 24.0 Å². The highest BCUT2D eigenvalue weighted by molar-refractivity contribution is 7.90. The van der Waals surface area contributed by atoms with Gasteiger partial charge in [-0.05, 0) is 44.9 Å². The number of hydrogen-bond acceptors (Lipinski definition) is 3. The fourth-order valence-corrected chi connectivity index (χ4v) is 3.26. The Morgan fingerprint density at radius 3 is 2.11 bits per heavy atom. The van der Waals surface area contributed by atoms with E-state index in [0.29, 0.717) is 18.8 Å². The molecule has 1 aromatic carbocycles. The highest BCUT2D eigenvalue weighted by Crippen LogP contribution is 2.22. The second-order valence-corrected chi connectivity index (χ2v) is 8.38. The van der Waals surface area contributed by atoms with Crippen molar-refractivity contribution >= 4 is 15.7 Å². The van der Waals surface area contributed by atoms with Crippen LogP contribution in [0.2, 0.25) is 0 Å². The van der Waals surface area contributed by atoms with Gasteiger partial charge < -0.3 is 5.73 Å². The number of nitrogens with zero attached hydrogens (tertiary/aromatic N) is 1. The van der Waals surface area contributed by atoms with Crippen molar-refractivity contribution in [3.05, 3.63) is 29.8 Å². The van der Waals surface area contributed by atoms with Crippen molar-refractivity contribution in [1.29, 1.82) is 0 Å². The van der Waals surface area contributed by atoms with Crippen LogP contribution in [0, 0.1) is 0 Å². The maximum absolute atomic E-state index is 12.5. The molecule has 0 unspecified atom stereocenters. The van der Waals surface area contributed by atoms with Gasteiger partial charge in [-0.1, -0.05) is 19.1 Å². The van der Waals surface area contributed by atoms with Crippen LogP contribution in [0.1, 0.15) is 39.7 Å². The lowest BCUT2D eigenvalue weighted by atomic mass is 10.2. The molecule has 0 radical (unpaired) electrons. The number of nitrogen functional groups attached to an aromatic ring is 1. The van der Waals surface area contributed by atoms with Crippen molar-refractivity contribution < 1.29 is 8.42 Å². The molecule has 0 fully saturated rings. The molecule has 0 aliphatic carbocycles. The van der Waals surface area contributed by atoms with Gasteiger partial charge in [0.1, 0.15) is 0 Å². The Labute approximate surface area is 116 Å². The topological polar surface area (TPSA) is 63.4 Å². The third kappa shape index (κ3) is 3.94. The number of anilines is 1. The number of sulfonamides is 1. The molecule has 4 nitrogen and oxygen atoms in total. The zero-order chi connectivity index (χ0) is 14.7. The van der Waals surface area contributed by atoms with Gasteiger partial charge >= 0.3 is 0 Å². The molecule has 1 aromatic rings. The third-order valence-corrected chi connectivity index (χ3v) is 5.46. The van der Waals surface area contributed by atoms with Crippen LogP contribution >= 0.6 is 0 Å². The summed E-state index contributed by atoms with van der Waals surface area (Å²) in [6.07, 6.45) is 0.796. The molecule has 0 aliphatic heterocycles. The zero-order valence-electron chi connectivity index (χ0n) is 12.2. The van der Waals surface area contributed by atoms with Gasteiger partial charge in [-0.15, -0.1) is 0 Å². The average Bonchev–Trinajstić information content (AvgIpc) is 2.30. The smallest absolute Gasteiger partial charge is 0.219 e. The van der Waals surface area contributed by atoms with Crippen LogP contribution in [0.5, 0.6) is 0 Å². The van der Waals surface area contributed by atoms with Crippen molar-refractivity contribution in [2.45, 2.75) is 45.4 Å². The fourth-order valence-electron chi connectivity index (χ4n) is 1.75. The Balaban J connectivity index is 2.99. The Morgan fingerprint density at radius 2 is 1.68 bits per heavy atom. The van der Waals surface area contributed by atoms with E-state index in [0.717, 1.165) is 12.0 Å². The molecule has 0 spiro atoms. The van der Waals surface area contributed by atoms with Crippen molar-refractivity contribution in [3.63, 3.8) is 0 Å². The minimum atomic E-state index is -3.31. The van der Waals surface area contributed by atoms with E-state index in [4.69, 9.17) is 5.73 Å². The lowest BCUT2D eigenvalue weighted by Crippen LogP contribution is -2.42. The molecule has 0 aromatic heterocycles. The highest BCUT2D eigenvalue weighted by Gasteiger charge is 2.34. The van der Waals surface area contributed by atoms with Crippen molar-refractivity contribution in [3.8, 4) is 0 Å². The molecule has 0 heterocycles. The number of rotatable bonds is 5. The van der Waals surface area contributed by atoms with Crippen molar-refractivity contribution in [1.82, 2.24) is 4.31 Å². The fraction of sp³-hybridized carbons (Fsp3) is 0.571. The molecule has 2 N–H and O–H groups in total. The summed E-state index contributed by atoms with van der Waals surface area (Å²) in [5.41, 5.74) is 7.28. The van der Waals surface area contributed by atoms with Gasteiger partial charge in [-0.3, -0.25) is 0 Å². The molecule has 5 heteroatoms. The Bertz CT molecular complexity index is 501. The molecular weight excluding hydrogens is 260 g/mol. The Kier molecular flexibility index (Phi) is 4.98. The lowest BCUT2D eigenvalue weighted by molar-refractivity contribution is 0.389. The van der Waals surface area contributed by atoms with Gasteiger partial charge in [0, 0.05) is 18.8 Å². The zero-order valence-corrected chi connectivity index (χ0v) is 13.0. The van der Waals surface area contributed by atoms with E-state index in [1.165, 1.54) is 0 Å². The summed E-state index contributed by atoms with van der Waals surface area (Å²) < 4.78 is 25.8. The molecule has 1 rings (SSSR count). The van der Waals surface area contributed by atoms with E-state index >= 15 is 0 Å². The van der Waals surface area contributed by atoms with Crippen LogP contribution in [0.15, 0.2) is 24.3 Å². The first kappa shape index (κ1) is 16.0. The molecule has 0 aliphatic rings. The van der Waals surface area contributed by atoms with Crippen LogP contribution in [0.4, 0.5) is 5.69 Å². The average molecular weight is 284 g/mol. The van der Waals surface area contributed by atoms with Crippen LogP contribution in [0.3, 0.4) is 0 Å². The molecule has 0 bridgehead atoms. The number of benzene rings is 1. The Morgan fingerprint density at radius 1 is 1.16 bits per heavy atom. The molecule has 0 saturated carbocycles. The van der Waals surface area contributed by atoms with Crippen LogP contribution in [0.25, 0.3) is 0 Å². The highest BCUT2D eigenvalue weighted by atomic mass is 32.2. The molecule has 19 heavy (non-hydrogen) atoms. The first-order chi connectivity index (χ1) is 8.68. The van der Waals surface area contributed by atoms with E-state index in [-0.39, 0.29) is 0 Å². The monoisotopic (exact) mass is 284 g/mol. The normalized spacial score (nSPS) is 12.9. The van der Waals surface area contributed by atoms with E-state index in [1.54, 1.807) is 37.2 Å².